The molecule has 2 aromatic carbocycles. The standard InChI is InChI=1S/C18H20N2/c1-3-15-7-5-9-17(11-15)13-19-20-14-18-10-6-8-16(4-2)12-18/h5-14H,3-4H2,1-2H3. The number of benzene rings is 2. The molecule has 0 bridgehead atoms. The summed E-state index contributed by atoms with van der Waals surface area (Å²) in [6.45, 7) is 4.30. The van der Waals surface area contributed by atoms with Gasteiger partial charge in [0.25, 0.3) is 0 Å². The fraction of sp³-hybridized carbons (Fsp3) is 0.222. The lowest BCUT2D eigenvalue weighted by Crippen LogP contribution is -1.86. The summed E-state index contributed by atoms with van der Waals surface area (Å²) >= 11 is 0. The van der Waals surface area contributed by atoms with E-state index in [1.165, 1.54) is 11.1 Å². The second kappa shape index (κ2) is 7.39. The highest BCUT2D eigenvalue weighted by Gasteiger charge is 1.91. The Morgan fingerprint density at radius 3 is 1.60 bits per heavy atom. The predicted molar refractivity (Wildman–Crippen MR) is 86.8 cm³/mol. The Bertz CT molecular complexity index is 557. The van der Waals surface area contributed by atoms with E-state index in [1.54, 1.807) is 12.4 Å². The summed E-state index contributed by atoms with van der Waals surface area (Å²) in [5.41, 5.74) is 4.80. The average molecular weight is 264 g/mol. The van der Waals surface area contributed by atoms with Crippen LogP contribution in [0.2, 0.25) is 0 Å². The summed E-state index contributed by atoms with van der Waals surface area (Å²) in [7, 11) is 0. The van der Waals surface area contributed by atoms with Crippen LogP contribution in [0, 0.1) is 0 Å². The Morgan fingerprint density at radius 2 is 1.20 bits per heavy atom. The van der Waals surface area contributed by atoms with Crippen molar-refractivity contribution in [1.29, 1.82) is 0 Å². The van der Waals surface area contributed by atoms with E-state index in [9.17, 15) is 0 Å². The largest absolute Gasteiger partial charge is 0.159 e. The van der Waals surface area contributed by atoms with Crippen molar-refractivity contribution in [2.45, 2.75) is 26.7 Å². The monoisotopic (exact) mass is 264 g/mol. The van der Waals surface area contributed by atoms with E-state index >= 15 is 0 Å². The Labute approximate surface area is 120 Å². The summed E-state index contributed by atoms with van der Waals surface area (Å²) < 4.78 is 0. The van der Waals surface area contributed by atoms with Crippen LogP contribution in [0.4, 0.5) is 0 Å². The normalized spacial score (nSPS) is 11.5. The molecule has 0 heterocycles. The lowest BCUT2D eigenvalue weighted by atomic mass is 10.1. The highest BCUT2D eigenvalue weighted by molar-refractivity contribution is 5.82. The number of hydrogen-bond acceptors (Lipinski definition) is 2. The van der Waals surface area contributed by atoms with E-state index in [1.807, 2.05) is 12.1 Å². The van der Waals surface area contributed by atoms with Gasteiger partial charge in [0.05, 0.1) is 12.4 Å². The lowest BCUT2D eigenvalue weighted by molar-refractivity contribution is 1.14. The zero-order chi connectivity index (χ0) is 14.2. The molecule has 0 amide bonds. The third-order valence-electron chi connectivity index (χ3n) is 3.20. The van der Waals surface area contributed by atoms with Gasteiger partial charge in [0, 0.05) is 0 Å². The first-order valence-corrected chi connectivity index (χ1v) is 7.06. The van der Waals surface area contributed by atoms with Crippen LogP contribution in [-0.2, 0) is 12.8 Å². The van der Waals surface area contributed by atoms with E-state index in [-0.39, 0.29) is 0 Å². The molecule has 0 radical (unpaired) electrons. The molecule has 0 N–H and O–H groups in total. The zero-order valence-corrected chi connectivity index (χ0v) is 12.1. The minimum atomic E-state index is 1.04. The second-order valence-electron chi connectivity index (χ2n) is 4.69. The molecule has 0 unspecified atom stereocenters. The third-order valence-corrected chi connectivity index (χ3v) is 3.20. The van der Waals surface area contributed by atoms with E-state index < -0.39 is 0 Å². The maximum atomic E-state index is 4.11. The Balaban J connectivity index is 2.02. The Kier molecular flexibility index (Phi) is 5.24. The first-order valence-electron chi connectivity index (χ1n) is 7.06. The molecule has 0 aliphatic heterocycles. The highest BCUT2D eigenvalue weighted by Crippen LogP contribution is 2.05. The van der Waals surface area contributed by atoms with Gasteiger partial charge < -0.3 is 0 Å². The topological polar surface area (TPSA) is 24.7 Å². The van der Waals surface area contributed by atoms with Crippen molar-refractivity contribution in [3.8, 4) is 0 Å². The van der Waals surface area contributed by atoms with Crippen molar-refractivity contribution in [3.63, 3.8) is 0 Å². The van der Waals surface area contributed by atoms with Crippen LogP contribution in [0.5, 0.6) is 0 Å². The molecule has 0 aliphatic carbocycles. The minimum absolute atomic E-state index is 1.04. The summed E-state index contributed by atoms with van der Waals surface area (Å²) in [6, 6.07) is 16.7. The number of hydrogen-bond donors (Lipinski definition) is 0. The quantitative estimate of drug-likeness (QED) is 0.569. The molecule has 2 nitrogen and oxygen atoms in total. The van der Waals surface area contributed by atoms with Crippen LogP contribution in [0.15, 0.2) is 58.7 Å². The molecule has 2 aromatic rings. The second-order valence-corrected chi connectivity index (χ2v) is 4.69. The van der Waals surface area contributed by atoms with Gasteiger partial charge in [-0.2, -0.15) is 10.2 Å². The number of aryl methyl sites for hydroxylation is 2. The summed E-state index contributed by atoms with van der Waals surface area (Å²) in [5, 5.41) is 8.22. The van der Waals surface area contributed by atoms with Crippen molar-refractivity contribution in [2.75, 3.05) is 0 Å². The molecule has 0 saturated carbocycles. The Hall–Kier alpha value is -2.22. The van der Waals surface area contributed by atoms with E-state index in [4.69, 9.17) is 0 Å². The molecule has 0 fully saturated rings. The molecule has 0 aromatic heterocycles. The third kappa shape index (κ3) is 4.16. The first kappa shape index (κ1) is 14.2. The van der Waals surface area contributed by atoms with Crippen LogP contribution < -0.4 is 0 Å². The molecule has 0 atom stereocenters. The fourth-order valence-corrected chi connectivity index (χ4v) is 1.99. The molecule has 0 spiro atoms. The molecule has 0 aliphatic rings. The van der Waals surface area contributed by atoms with Gasteiger partial charge >= 0.3 is 0 Å². The maximum absolute atomic E-state index is 4.11. The zero-order valence-electron chi connectivity index (χ0n) is 12.1. The van der Waals surface area contributed by atoms with Gasteiger partial charge in [0.2, 0.25) is 0 Å². The van der Waals surface area contributed by atoms with Crippen LogP contribution in [-0.4, -0.2) is 12.4 Å². The first-order chi connectivity index (χ1) is 9.81. The minimum Gasteiger partial charge on any atom is -0.159 e. The number of nitrogens with zero attached hydrogens (tertiary/aromatic N) is 2. The van der Waals surface area contributed by atoms with Crippen molar-refractivity contribution >= 4 is 12.4 Å². The number of rotatable bonds is 5. The van der Waals surface area contributed by atoms with Gasteiger partial charge in [-0.15, -0.1) is 0 Å². The van der Waals surface area contributed by atoms with E-state index in [0.717, 1.165) is 24.0 Å². The van der Waals surface area contributed by atoms with Gasteiger partial charge in [0.1, 0.15) is 0 Å². The van der Waals surface area contributed by atoms with Gasteiger partial charge in [-0.25, -0.2) is 0 Å². The summed E-state index contributed by atoms with van der Waals surface area (Å²) in [4.78, 5) is 0. The SMILES string of the molecule is CCc1cccc(C=NN=Cc2cccc(CC)c2)c1. The van der Waals surface area contributed by atoms with Gasteiger partial charge in [-0.3, -0.25) is 0 Å². The Morgan fingerprint density at radius 1 is 0.750 bits per heavy atom. The predicted octanol–water partition coefficient (Wildman–Crippen LogP) is 4.26. The van der Waals surface area contributed by atoms with Crippen molar-refractivity contribution in [1.82, 2.24) is 0 Å². The lowest BCUT2D eigenvalue weighted by Gasteiger charge is -1.97. The van der Waals surface area contributed by atoms with Crippen molar-refractivity contribution in [2.24, 2.45) is 10.2 Å². The molecule has 2 heteroatoms. The highest BCUT2D eigenvalue weighted by atomic mass is 15.2. The summed E-state index contributed by atoms with van der Waals surface area (Å²) in [6.07, 6.45) is 5.65. The molecular weight excluding hydrogens is 244 g/mol. The van der Waals surface area contributed by atoms with Crippen LogP contribution in [0.3, 0.4) is 0 Å². The van der Waals surface area contributed by atoms with Crippen molar-refractivity contribution < 1.29 is 0 Å². The van der Waals surface area contributed by atoms with E-state index in [2.05, 4.69) is 60.4 Å². The maximum Gasteiger partial charge on any atom is 0.0568 e. The van der Waals surface area contributed by atoms with Crippen LogP contribution >= 0.6 is 0 Å². The van der Waals surface area contributed by atoms with Crippen molar-refractivity contribution in [3.05, 3.63) is 70.8 Å². The van der Waals surface area contributed by atoms with Crippen LogP contribution in [0.1, 0.15) is 36.1 Å². The average Bonchev–Trinajstić information content (AvgIpc) is 2.52. The smallest absolute Gasteiger partial charge is 0.0568 e. The molecule has 0 saturated heterocycles. The summed E-state index contributed by atoms with van der Waals surface area (Å²) in [5.74, 6) is 0. The van der Waals surface area contributed by atoms with Gasteiger partial charge in [-0.05, 0) is 35.1 Å². The molecule has 102 valence electrons. The van der Waals surface area contributed by atoms with Crippen LogP contribution in [0.25, 0.3) is 0 Å². The molecule has 2 rings (SSSR count). The molecule has 20 heavy (non-hydrogen) atoms. The fourth-order valence-electron chi connectivity index (χ4n) is 1.99. The van der Waals surface area contributed by atoms with Gasteiger partial charge in [0.15, 0.2) is 0 Å². The van der Waals surface area contributed by atoms with Gasteiger partial charge in [-0.1, -0.05) is 62.4 Å². The molecular formula is C18H20N2. The van der Waals surface area contributed by atoms with E-state index in [0.29, 0.717) is 0 Å².